The number of hydrogen-bond donors (Lipinski definition) is 1. The second-order valence-corrected chi connectivity index (χ2v) is 12.9. The van der Waals surface area contributed by atoms with Crippen LogP contribution < -0.4 is 4.74 Å². The summed E-state index contributed by atoms with van der Waals surface area (Å²) in [5.74, 6) is -15.5. The zero-order valence-corrected chi connectivity index (χ0v) is 22.6. The normalized spacial score (nSPS) is 13.9. The van der Waals surface area contributed by atoms with E-state index in [-0.39, 0.29) is 21.0 Å². The number of hydrogen-bond acceptors (Lipinski definition) is 7. The van der Waals surface area contributed by atoms with Gasteiger partial charge in [0.05, 0.1) is 6.61 Å². The standard InChI is InChI=1S/C23H18F7O6PS2/c1-22(2,3)21(32)38-7-6-35-37(33,34)23(29,30)11-4-5-12-10(8-11)9-13(39-12)20(31)36-19-17(27)15(25)14(24)16(26)18(19)28/h4-5,8-9H,6-7H2,1-3H3,(H,33,34). The lowest BCUT2D eigenvalue weighted by molar-refractivity contribution is -0.117. The van der Waals surface area contributed by atoms with Gasteiger partial charge in [-0.25, -0.2) is 18.0 Å². The van der Waals surface area contributed by atoms with Crippen LogP contribution >= 0.6 is 30.7 Å². The topological polar surface area (TPSA) is 89.9 Å². The summed E-state index contributed by atoms with van der Waals surface area (Å²) in [6, 6.07) is 3.51. The van der Waals surface area contributed by atoms with Crippen LogP contribution in [0.1, 0.15) is 36.0 Å². The average Bonchev–Trinajstić information content (AvgIpc) is 3.29. The van der Waals surface area contributed by atoms with Crippen molar-refractivity contribution in [1.82, 2.24) is 0 Å². The van der Waals surface area contributed by atoms with Gasteiger partial charge in [-0.3, -0.25) is 9.36 Å². The molecule has 3 aromatic rings. The van der Waals surface area contributed by atoms with E-state index in [4.69, 9.17) is 0 Å². The smallest absolute Gasteiger partial charge is 0.401 e. The van der Waals surface area contributed by atoms with Gasteiger partial charge in [-0.05, 0) is 23.6 Å². The van der Waals surface area contributed by atoms with Crippen molar-refractivity contribution in [3.05, 3.63) is 63.8 Å². The Labute approximate surface area is 224 Å². The van der Waals surface area contributed by atoms with Crippen molar-refractivity contribution < 1.29 is 59.0 Å². The predicted octanol–water partition coefficient (Wildman–Crippen LogP) is 7.37. The zero-order valence-electron chi connectivity index (χ0n) is 20.1. The van der Waals surface area contributed by atoms with Crippen LogP contribution in [0.2, 0.25) is 0 Å². The van der Waals surface area contributed by atoms with E-state index < -0.39 is 76.5 Å². The monoisotopic (exact) mass is 618 g/mol. The fourth-order valence-corrected chi connectivity index (χ4v) is 5.70. The molecule has 0 aliphatic carbocycles. The number of carbonyl (C=O) groups excluding carboxylic acids is 2. The molecule has 1 atom stereocenters. The number of esters is 1. The maximum absolute atomic E-state index is 14.9. The molecule has 6 nitrogen and oxygen atoms in total. The third kappa shape index (κ3) is 6.32. The molecule has 0 fully saturated rings. The fourth-order valence-electron chi connectivity index (χ4n) is 2.90. The quantitative estimate of drug-likeness (QED) is 0.0536. The molecule has 1 heterocycles. The molecule has 0 bridgehead atoms. The molecule has 0 amide bonds. The Hall–Kier alpha value is -2.45. The Morgan fingerprint density at radius 3 is 2.10 bits per heavy atom. The Morgan fingerprint density at radius 1 is 0.974 bits per heavy atom. The molecule has 16 heteroatoms. The molecule has 2 aromatic carbocycles. The molecule has 0 radical (unpaired) electrons. The van der Waals surface area contributed by atoms with Gasteiger partial charge in [0.1, 0.15) is 4.88 Å². The van der Waals surface area contributed by atoms with Gasteiger partial charge in [-0.2, -0.15) is 17.6 Å². The van der Waals surface area contributed by atoms with Crippen LogP contribution in [0.4, 0.5) is 30.7 Å². The summed E-state index contributed by atoms with van der Waals surface area (Å²) in [6.45, 7) is 4.28. The SMILES string of the molecule is CC(C)(C)C(=O)SCCOP(=O)(O)C(F)(F)c1ccc2sc(C(=O)Oc3c(F)c(F)c(F)c(F)c3F)cc2c1. The lowest BCUT2D eigenvalue weighted by Gasteiger charge is -2.22. The molecule has 1 aromatic heterocycles. The van der Waals surface area contributed by atoms with Crippen molar-refractivity contribution in [1.29, 1.82) is 0 Å². The Balaban J connectivity index is 1.80. The van der Waals surface area contributed by atoms with Crippen molar-refractivity contribution in [2.24, 2.45) is 5.41 Å². The minimum absolute atomic E-state index is 0.0899. The van der Waals surface area contributed by atoms with E-state index in [0.29, 0.717) is 11.3 Å². The molecular formula is C23H18F7O6PS2. The Morgan fingerprint density at radius 2 is 1.54 bits per heavy atom. The molecular weight excluding hydrogens is 600 g/mol. The minimum Gasteiger partial charge on any atom is -0.416 e. The molecule has 0 aliphatic rings. The summed E-state index contributed by atoms with van der Waals surface area (Å²) < 4.78 is 119. The third-order valence-electron chi connectivity index (χ3n) is 4.98. The summed E-state index contributed by atoms with van der Waals surface area (Å²) in [7, 11) is -5.61. The van der Waals surface area contributed by atoms with E-state index >= 15 is 0 Å². The average molecular weight is 618 g/mol. The van der Waals surface area contributed by atoms with E-state index in [1.54, 1.807) is 20.8 Å². The summed E-state index contributed by atoms with van der Waals surface area (Å²) >= 11 is 1.32. The molecule has 1 unspecified atom stereocenters. The van der Waals surface area contributed by atoms with Crippen LogP contribution in [0.15, 0.2) is 24.3 Å². The number of ether oxygens (including phenoxy) is 1. The summed E-state index contributed by atoms with van der Waals surface area (Å²) in [5.41, 5.74) is -6.11. The molecule has 212 valence electrons. The van der Waals surface area contributed by atoms with Crippen molar-refractivity contribution in [2.45, 2.75) is 26.4 Å². The number of alkyl halides is 2. The van der Waals surface area contributed by atoms with Gasteiger partial charge in [0.25, 0.3) is 0 Å². The van der Waals surface area contributed by atoms with Crippen molar-refractivity contribution in [2.75, 3.05) is 12.4 Å². The largest absolute Gasteiger partial charge is 0.416 e. The van der Waals surface area contributed by atoms with Crippen molar-refractivity contribution in [3.63, 3.8) is 0 Å². The van der Waals surface area contributed by atoms with Gasteiger partial charge in [-0.15, -0.1) is 11.3 Å². The van der Waals surface area contributed by atoms with E-state index in [1.807, 2.05) is 0 Å². The number of thiophene rings is 1. The highest BCUT2D eigenvalue weighted by Gasteiger charge is 2.52. The van der Waals surface area contributed by atoms with Crippen molar-refractivity contribution >= 4 is 51.9 Å². The number of halogens is 7. The second kappa shape index (κ2) is 11.2. The fraction of sp³-hybridized carbons (Fsp3) is 0.304. The predicted molar refractivity (Wildman–Crippen MR) is 130 cm³/mol. The third-order valence-corrected chi connectivity index (χ3v) is 8.82. The molecule has 3 rings (SSSR count). The number of benzene rings is 2. The van der Waals surface area contributed by atoms with Gasteiger partial charge in [0, 0.05) is 21.4 Å². The first-order valence-electron chi connectivity index (χ1n) is 10.7. The first-order chi connectivity index (χ1) is 17.9. The summed E-state index contributed by atoms with van der Waals surface area (Å²) in [5, 5.41) is -0.365. The van der Waals surface area contributed by atoms with Crippen LogP contribution in [0.5, 0.6) is 5.75 Å². The number of carbonyl (C=O) groups is 2. The number of thioether (sulfide) groups is 1. The van der Waals surface area contributed by atoms with Crippen molar-refractivity contribution in [3.8, 4) is 5.75 Å². The van der Waals surface area contributed by atoms with Gasteiger partial charge in [0.15, 0.2) is 5.12 Å². The van der Waals surface area contributed by atoms with Crippen LogP contribution in [0.3, 0.4) is 0 Å². The number of fused-ring (bicyclic) bond motifs is 1. The van der Waals surface area contributed by atoms with Crippen LogP contribution in [0.25, 0.3) is 10.1 Å². The maximum Gasteiger partial charge on any atom is 0.401 e. The Kier molecular flexibility index (Phi) is 8.93. The van der Waals surface area contributed by atoms with Crippen LogP contribution in [0, 0.1) is 34.5 Å². The summed E-state index contributed by atoms with van der Waals surface area (Å²) in [4.78, 5) is 33.7. The first-order valence-corrected chi connectivity index (χ1v) is 14.1. The molecule has 1 N–H and O–H groups in total. The van der Waals surface area contributed by atoms with Gasteiger partial charge in [0.2, 0.25) is 34.8 Å². The summed E-state index contributed by atoms with van der Waals surface area (Å²) in [6.07, 6.45) is 0. The van der Waals surface area contributed by atoms with E-state index in [2.05, 4.69) is 9.26 Å². The highest BCUT2D eigenvalue weighted by molar-refractivity contribution is 8.13. The Bertz CT molecular complexity index is 1470. The number of rotatable bonds is 8. The molecule has 0 spiro atoms. The van der Waals surface area contributed by atoms with E-state index in [9.17, 15) is 49.8 Å². The van der Waals surface area contributed by atoms with Crippen LogP contribution in [-0.2, 0) is 19.5 Å². The first kappa shape index (κ1) is 31.1. The molecule has 0 saturated carbocycles. The maximum atomic E-state index is 14.9. The van der Waals surface area contributed by atoms with Gasteiger partial charge in [-0.1, -0.05) is 38.6 Å². The van der Waals surface area contributed by atoms with Gasteiger partial charge < -0.3 is 14.2 Å². The lowest BCUT2D eigenvalue weighted by Crippen LogP contribution is -2.19. The molecule has 0 aliphatic heterocycles. The minimum atomic E-state index is -5.61. The van der Waals surface area contributed by atoms with Crippen LogP contribution in [-0.4, -0.2) is 28.3 Å². The van der Waals surface area contributed by atoms with E-state index in [1.165, 1.54) is 0 Å². The lowest BCUT2D eigenvalue weighted by atomic mass is 10.00. The molecule has 0 saturated heterocycles. The highest BCUT2D eigenvalue weighted by Crippen LogP contribution is 2.63. The zero-order chi connectivity index (χ0) is 29.5. The molecule has 39 heavy (non-hydrogen) atoms. The van der Waals surface area contributed by atoms with Gasteiger partial charge >= 0.3 is 19.2 Å². The highest BCUT2D eigenvalue weighted by atomic mass is 32.2. The van der Waals surface area contributed by atoms with E-state index in [0.717, 1.165) is 36.0 Å². The second-order valence-electron chi connectivity index (χ2n) is 8.93.